The minimum absolute atomic E-state index is 0.543. The monoisotopic (exact) mass is 273 g/mol. The predicted molar refractivity (Wildman–Crippen MR) is 81.1 cm³/mol. The molecule has 0 radical (unpaired) electrons. The predicted octanol–water partition coefficient (Wildman–Crippen LogP) is 2.61. The second kappa shape index (κ2) is 5.04. The second-order valence-electron chi connectivity index (χ2n) is 5.76. The number of hydrogen-bond acceptors (Lipinski definition) is 4. The third kappa shape index (κ3) is 2.05. The Bertz CT molecular complexity index is 631. The molecule has 2 aromatic rings. The van der Waals surface area contributed by atoms with Gasteiger partial charge < -0.3 is 4.90 Å². The van der Waals surface area contributed by atoms with Crippen LogP contribution in [0.15, 0.2) is 0 Å². The molecule has 3 heterocycles. The molecule has 0 aliphatic carbocycles. The Kier molecular flexibility index (Phi) is 3.36. The van der Waals surface area contributed by atoms with Crippen LogP contribution in [0.4, 0.5) is 5.82 Å². The van der Waals surface area contributed by atoms with Gasteiger partial charge in [0.1, 0.15) is 16.9 Å². The smallest absolute Gasteiger partial charge is 0.158 e. The van der Waals surface area contributed by atoms with Gasteiger partial charge in [-0.2, -0.15) is 5.10 Å². The van der Waals surface area contributed by atoms with Gasteiger partial charge in [0.2, 0.25) is 0 Å². The van der Waals surface area contributed by atoms with E-state index < -0.39 is 0 Å². The molecule has 0 amide bonds. The Hall–Kier alpha value is -1.65. The number of aryl methyl sites for hydroxylation is 3. The van der Waals surface area contributed by atoms with Crippen LogP contribution in [0.1, 0.15) is 44.6 Å². The zero-order valence-corrected chi connectivity index (χ0v) is 12.8. The van der Waals surface area contributed by atoms with Crippen molar-refractivity contribution in [3.05, 3.63) is 11.5 Å². The summed E-state index contributed by atoms with van der Waals surface area (Å²) >= 11 is 0. The van der Waals surface area contributed by atoms with Crippen LogP contribution in [0.25, 0.3) is 11.0 Å². The van der Waals surface area contributed by atoms with Crippen molar-refractivity contribution in [3.8, 4) is 0 Å². The van der Waals surface area contributed by atoms with E-state index in [1.807, 2.05) is 18.7 Å². The van der Waals surface area contributed by atoms with Gasteiger partial charge >= 0.3 is 0 Å². The molecule has 1 saturated heterocycles. The van der Waals surface area contributed by atoms with Crippen molar-refractivity contribution in [1.82, 2.24) is 19.7 Å². The van der Waals surface area contributed by atoms with Crippen molar-refractivity contribution >= 4 is 16.9 Å². The fourth-order valence-corrected chi connectivity index (χ4v) is 3.13. The van der Waals surface area contributed by atoms with Gasteiger partial charge in [-0.05, 0) is 33.1 Å². The van der Waals surface area contributed by atoms with Gasteiger partial charge in [-0.1, -0.05) is 6.92 Å². The highest BCUT2D eigenvalue weighted by atomic mass is 15.3. The summed E-state index contributed by atoms with van der Waals surface area (Å²) in [5.41, 5.74) is 3.08. The SMILES string of the molecule is CCc1nc(N2CCCC[C@@H]2C)c2c(n1)c(C)nn2C. The van der Waals surface area contributed by atoms with Gasteiger partial charge in [-0.25, -0.2) is 9.97 Å². The highest BCUT2D eigenvalue weighted by molar-refractivity contribution is 5.88. The van der Waals surface area contributed by atoms with Gasteiger partial charge in [-0.3, -0.25) is 4.68 Å². The summed E-state index contributed by atoms with van der Waals surface area (Å²) in [5.74, 6) is 1.99. The van der Waals surface area contributed by atoms with Crippen molar-refractivity contribution in [1.29, 1.82) is 0 Å². The van der Waals surface area contributed by atoms with E-state index in [0.29, 0.717) is 6.04 Å². The number of fused-ring (bicyclic) bond motifs is 1. The number of piperidine rings is 1. The topological polar surface area (TPSA) is 46.8 Å². The molecule has 108 valence electrons. The average Bonchev–Trinajstić information content (AvgIpc) is 2.74. The van der Waals surface area contributed by atoms with Gasteiger partial charge in [0, 0.05) is 26.1 Å². The third-order valence-electron chi connectivity index (χ3n) is 4.27. The summed E-state index contributed by atoms with van der Waals surface area (Å²) in [6.07, 6.45) is 4.66. The first kappa shape index (κ1) is 13.3. The molecule has 0 spiro atoms. The van der Waals surface area contributed by atoms with Crippen molar-refractivity contribution in [2.24, 2.45) is 7.05 Å². The lowest BCUT2D eigenvalue weighted by atomic mass is 10.0. The Labute approximate surface area is 120 Å². The highest BCUT2D eigenvalue weighted by Crippen LogP contribution is 2.30. The fraction of sp³-hybridized carbons (Fsp3) is 0.667. The lowest BCUT2D eigenvalue weighted by molar-refractivity contribution is 0.481. The van der Waals surface area contributed by atoms with E-state index in [4.69, 9.17) is 4.98 Å². The molecule has 1 aliphatic rings. The maximum atomic E-state index is 4.82. The second-order valence-corrected chi connectivity index (χ2v) is 5.76. The van der Waals surface area contributed by atoms with Crippen LogP contribution in [0.5, 0.6) is 0 Å². The van der Waals surface area contributed by atoms with Gasteiger partial charge in [-0.15, -0.1) is 0 Å². The number of nitrogens with zero attached hydrogens (tertiary/aromatic N) is 5. The van der Waals surface area contributed by atoms with E-state index in [0.717, 1.165) is 41.3 Å². The molecule has 2 aromatic heterocycles. The molecule has 1 fully saturated rings. The summed E-state index contributed by atoms with van der Waals surface area (Å²) in [6.45, 7) is 7.51. The van der Waals surface area contributed by atoms with Crippen molar-refractivity contribution in [3.63, 3.8) is 0 Å². The molecule has 0 unspecified atom stereocenters. The molecule has 3 rings (SSSR count). The zero-order valence-electron chi connectivity index (χ0n) is 12.8. The van der Waals surface area contributed by atoms with E-state index in [1.54, 1.807) is 0 Å². The molecule has 5 nitrogen and oxygen atoms in total. The first-order chi connectivity index (χ1) is 9.61. The Morgan fingerprint density at radius 3 is 2.75 bits per heavy atom. The van der Waals surface area contributed by atoms with E-state index >= 15 is 0 Å². The van der Waals surface area contributed by atoms with Gasteiger partial charge in [0.25, 0.3) is 0 Å². The Balaban J connectivity index is 2.21. The lowest BCUT2D eigenvalue weighted by Crippen LogP contribution is -2.38. The highest BCUT2D eigenvalue weighted by Gasteiger charge is 2.24. The number of anilines is 1. The van der Waals surface area contributed by atoms with E-state index in [9.17, 15) is 0 Å². The Morgan fingerprint density at radius 1 is 1.25 bits per heavy atom. The summed E-state index contributed by atoms with van der Waals surface area (Å²) in [5, 5.41) is 4.53. The van der Waals surface area contributed by atoms with E-state index in [1.165, 1.54) is 19.3 Å². The molecule has 0 saturated carbocycles. The quantitative estimate of drug-likeness (QED) is 0.844. The van der Waals surface area contributed by atoms with Crippen LogP contribution in [0, 0.1) is 6.92 Å². The summed E-state index contributed by atoms with van der Waals surface area (Å²) in [6, 6.07) is 0.543. The molecule has 0 N–H and O–H groups in total. The van der Waals surface area contributed by atoms with Crippen LogP contribution in [-0.4, -0.2) is 32.3 Å². The summed E-state index contributed by atoms with van der Waals surface area (Å²) in [7, 11) is 1.99. The van der Waals surface area contributed by atoms with E-state index in [2.05, 4.69) is 28.8 Å². The number of hydrogen-bond donors (Lipinski definition) is 0. The standard InChI is InChI=1S/C15H23N5/c1-5-12-16-13-11(3)18-19(4)14(13)15(17-12)20-9-7-6-8-10(20)2/h10H,5-9H2,1-4H3/t10-/m0/s1. The number of rotatable bonds is 2. The van der Waals surface area contributed by atoms with Gasteiger partial charge in [0.05, 0.1) is 5.69 Å². The lowest BCUT2D eigenvalue weighted by Gasteiger charge is -2.34. The van der Waals surface area contributed by atoms with Crippen molar-refractivity contribution < 1.29 is 0 Å². The molecule has 0 bridgehead atoms. The minimum Gasteiger partial charge on any atom is -0.352 e. The summed E-state index contributed by atoms with van der Waals surface area (Å²) < 4.78 is 1.93. The third-order valence-corrected chi connectivity index (χ3v) is 4.27. The number of aromatic nitrogens is 4. The van der Waals surface area contributed by atoms with Crippen LogP contribution in [0.3, 0.4) is 0 Å². The maximum absolute atomic E-state index is 4.82. The molecule has 5 heteroatoms. The molecule has 1 atom stereocenters. The van der Waals surface area contributed by atoms with Crippen molar-refractivity contribution in [2.75, 3.05) is 11.4 Å². The minimum atomic E-state index is 0.543. The molecule has 1 aliphatic heterocycles. The first-order valence-electron chi connectivity index (χ1n) is 7.58. The average molecular weight is 273 g/mol. The summed E-state index contributed by atoms with van der Waals surface area (Å²) in [4.78, 5) is 11.9. The Morgan fingerprint density at radius 2 is 2.05 bits per heavy atom. The van der Waals surface area contributed by atoms with Crippen LogP contribution in [-0.2, 0) is 13.5 Å². The largest absolute Gasteiger partial charge is 0.352 e. The van der Waals surface area contributed by atoms with Crippen molar-refractivity contribution in [2.45, 2.75) is 52.5 Å². The first-order valence-corrected chi connectivity index (χ1v) is 7.58. The van der Waals surface area contributed by atoms with E-state index in [-0.39, 0.29) is 0 Å². The van der Waals surface area contributed by atoms with Crippen LogP contribution < -0.4 is 4.90 Å². The molecule has 0 aromatic carbocycles. The van der Waals surface area contributed by atoms with Crippen LogP contribution in [0.2, 0.25) is 0 Å². The molecule has 20 heavy (non-hydrogen) atoms. The maximum Gasteiger partial charge on any atom is 0.158 e. The van der Waals surface area contributed by atoms with Crippen LogP contribution >= 0.6 is 0 Å². The molecular weight excluding hydrogens is 250 g/mol. The normalized spacial score (nSPS) is 19.8. The zero-order chi connectivity index (χ0) is 14.3. The van der Waals surface area contributed by atoms with Gasteiger partial charge in [0.15, 0.2) is 5.82 Å². The molecular formula is C15H23N5. The fourth-order valence-electron chi connectivity index (χ4n) is 3.13.